The Bertz CT molecular complexity index is 1320. The quantitative estimate of drug-likeness (QED) is 0.0431. The van der Waals surface area contributed by atoms with Crippen LogP contribution in [0.25, 0.3) is 0 Å². The number of aliphatic carboxylic acids is 1. The number of carbonyl (C=O) groups is 8. The van der Waals surface area contributed by atoms with Gasteiger partial charge in [-0.2, -0.15) is 0 Å². The minimum absolute atomic E-state index is 0.0468. The molecule has 2 N–H and O–H groups in total. The van der Waals surface area contributed by atoms with Crippen molar-refractivity contribution < 1.29 is 63.8 Å². The number of amides is 1. The zero-order chi connectivity index (χ0) is 53.3. The lowest BCUT2D eigenvalue weighted by Gasteiger charge is -2.10. The average molecular weight is 974 g/mol. The second-order valence-corrected chi connectivity index (χ2v) is 19.3. The Morgan fingerprint density at radius 1 is 0.471 bits per heavy atom. The van der Waals surface area contributed by atoms with E-state index in [4.69, 9.17) is 25.4 Å². The summed E-state index contributed by atoms with van der Waals surface area (Å²) in [5.41, 5.74) is 0. The van der Waals surface area contributed by atoms with Crippen molar-refractivity contribution in [2.45, 2.75) is 211 Å². The second-order valence-electron chi connectivity index (χ2n) is 19.3. The van der Waals surface area contributed by atoms with Crippen LogP contribution in [0.15, 0.2) is 0 Å². The Kier molecular flexibility index (Phi) is 54.0. The molecule has 0 aliphatic heterocycles. The molecule has 0 aromatic rings. The van der Waals surface area contributed by atoms with Gasteiger partial charge in [-0.25, -0.2) is 0 Å². The van der Waals surface area contributed by atoms with Crippen molar-refractivity contribution in [2.75, 3.05) is 59.4 Å². The lowest BCUT2D eigenvalue weighted by atomic mass is 9.95. The third-order valence-electron chi connectivity index (χ3n) is 10.2. The summed E-state index contributed by atoms with van der Waals surface area (Å²) < 4.78 is 27.9. The van der Waals surface area contributed by atoms with Crippen molar-refractivity contribution in [3.8, 4) is 0 Å². The van der Waals surface area contributed by atoms with Gasteiger partial charge in [-0.05, 0) is 95.3 Å². The molecule has 0 spiro atoms. The Balaban J connectivity index is -0.000000420. The lowest BCUT2D eigenvalue weighted by Crippen LogP contribution is -2.21. The van der Waals surface area contributed by atoms with E-state index >= 15 is 0 Å². The van der Waals surface area contributed by atoms with Crippen molar-refractivity contribution in [3.05, 3.63) is 0 Å². The molecule has 1 atom stereocenters. The molecule has 400 valence electrons. The highest BCUT2D eigenvalue weighted by Gasteiger charge is 2.18. The first-order valence-electron chi connectivity index (χ1n) is 26.3. The molecule has 0 saturated heterocycles. The molecule has 0 aromatic heterocycles. The minimum atomic E-state index is -0.908. The largest absolute Gasteiger partial charge is 0.481 e. The molecule has 14 nitrogen and oxygen atoms in total. The summed E-state index contributed by atoms with van der Waals surface area (Å²) in [7, 11) is 0. The zero-order valence-electron chi connectivity index (χ0n) is 45.9. The number of ketones is 5. The van der Waals surface area contributed by atoms with Gasteiger partial charge >= 0.3 is 5.97 Å². The van der Waals surface area contributed by atoms with Gasteiger partial charge in [0.15, 0.2) is 0 Å². The fourth-order valence-corrected chi connectivity index (χ4v) is 5.70. The number of carboxylic acids is 1. The molecule has 0 aromatic carbocycles. The summed E-state index contributed by atoms with van der Waals surface area (Å²) in [5, 5.41) is 11.7. The van der Waals surface area contributed by atoms with Crippen LogP contribution in [0.4, 0.5) is 0 Å². The van der Waals surface area contributed by atoms with Crippen molar-refractivity contribution in [1.82, 2.24) is 5.32 Å². The van der Waals surface area contributed by atoms with Crippen LogP contribution >= 0.6 is 0 Å². The van der Waals surface area contributed by atoms with Crippen molar-refractivity contribution in [2.24, 2.45) is 29.6 Å². The molecule has 0 radical (unpaired) electrons. The van der Waals surface area contributed by atoms with Gasteiger partial charge in [0.05, 0.1) is 32.3 Å². The monoisotopic (exact) mass is 974 g/mol. The fraction of sp³-hybridized carbons (Fsp3) is 0.852. The Morgan fingerprint density at radius 2 is 0.838 bits per heavy atom. The van der Waals surface area contributed by atoms with Crippen molar-refractivity contribution >= 4 is 47.1 Å². The maximum Gasteiger partial charge on any atom is 0.306 e. The number of unbranched alkanes of at least 4 members (excludes halogenated alkanes) is 4. The Hall–Kier alpha value is -3.20. The van der Waals surface area contributed by atoms with Gasteiger partial charge in [-0.3, -0.25) is 24.0 Å². The van der Waals surface area contributed by atoms with Gasteiger partial charge in [-0.1, -0.05) is 74.7 Å². The normalized spacial score (nSPS) is 11.4. The standard InChI is InChI=1S/C18H32O5.C15H28O3.C13H25NO3.C8H16O2/c1-14(2)9-11-23-12-10-17(20)8-6-4-5-7-16(18(21)22)13-15(3)19;1-13(2)9-11-18-12-10-15(17)8-6-4-5-7-14(3)16;1-11(2)6-9-17-10-7-13(16)5-4-8-14-12(3)15;1-8(2)4-7-10-6-3-5-9/h14,16H,4-13H2,1-3H3,(H,21,22);13H,4-12H2,1-3H3;11H,4-10H2,1-3H3,(H,14,15);5,8H,3-4,6-7H2,1-2H3/i;;;5T. The van der Waals surface area contributed by atoms with Crippen LogP contribution in [-0.2, 0) is 57.3 Å². The number of rotatable bonds is 43. The van der Waals surface area contributed by atoms with Gasteiger partial charge in [-0.15, -0.1) is 0 Å². The summed E-state index contributed by atoms with van der Waals surface area (Å²) in [6.07, 6.45) is 14.0. The van der Waals surface area contributed by atoms with Crippen LogP contribution in [0.2, 0.25) is 0 Å². The van der Waals surface area contributed by atoms with Crippen LogP contribution in [-0.4, -0.2) is 112 Å². The number of hydrogen-bond donors (Lipinski definition) is 2. The first-order chi connectivity index (χ1) is 32.5. The molecule has 0 rings (SSSR count). The first-order valence-corrected chi connectivity index (χ1v) is 25.8. The highest BCUT2D eigenvalue weighted by Crippen LogP contribution is 2.16. The molecule has 68 heavy (non-hydrogen) atoms. The number of carboxylic acid groups (broad SMARTS) is 1. The maximum atomic E-state index is 11.7. The molecule has 1 amide bonds. The predicted octanol–water partition coefficient (Wildman–Crippen LogP) is 10.7. The van der Waals surface area contributed by atoms with E-state index in [1.165, 1.54) is 13.8 Å². The van der Waals surface area contributed by atoms with Gasteiger partial charge in [0.2, 0.25) is 5.91 Å². The summed E-state index contributed by atoms with van der Waals surface area (Å²) in [4.78, 5) is 88.0. The average Bonchev–Trinajstić information content (AvgIpc) is 3.24. The highest BCUT2D eigenvalue weighted by atomic mass is 16.5. The van der Waals surface area contributed by atoms with Gasteiger partial charge < -0.3 is 43.8 Å². The van der Waals surface area contributed by atoms with Gasteiger partial charge in [0, 0.05) is 97.7 Å². The Labute approximate surface area is 415 Å². The van der Waals surface area contributed by atoms with Crippen LogP contribution in [0.5, 0.6) is 0 Å². The zero-order valence-corrected chi connectivity index (χ0v) is 44.9. The smallest absolute Gasteiger partial charge is 0.306 e. The topological polar surface area (TPSA) is 206 Å². The molecule has 1 unspecified atom stereocenters. The minimum Gasteiger partial charge on any atom is -0.481 e. The third-order valence-corrected chi connectivity index (χ3v) is 10.2. The first kappa shape index (κ1) is 69.1. The summed E-state index contributed by atoms with van der Waals surface area (Å²) in [5.74, 6) is 1.84. The summed E-state index contributed by atoms with van der Waals surface area (Å²) in [6, 6.07) is 0. The molecule has 14 heteroatoms. The van der Waals surface area contributed by atoms with E-state index < -0.39 is 18.1 Å². The number of aldehydes is 1. The van der Waals surface area contributed by atoms with Crippen LogP contribution in [0, 0.1) is 29.6 Å². The van der Waals surface area contributed by atoms with E-state index in [0.29, 0.717) is 128 Å². The van der Waals surface area contributed by atoms with Crippen LogP contribution in [0.3, 0.4) is 0 Å². The number of hydrogen-bond acceptors (Lipinski definition) is 12. The van der Waals surface area contributed by atoms with Gasteiger partial charge in [0.25, 0.3) is 0 Å². The number of ether oxygens (including phenoxy) is 4. The highest BCUT2D eigenvalue weighted by molar-refractivity contribution is 5.82. The van der Waals surface area contributed by atoms with Crippen molar-refractivity contribution in [3.63, 3.8) is 0 Å². The lowest BCUT2D eigenvalue weighted by molar-refractivity contribution is -0.144. The summed E-state index contributed by atoms with van der Waals surface area (Å²) >= 11 is 0. The number of carbonyl (C=O) groups excluding carboxylic acids is 7. The van der Waals surface area contributed by atoms with E-state index in [-0.39, 0.29) is 47.7 Å². The molecule has 0 fully saturated rings. The van der Waals surface area contributed by atoms with Crippen LogP contribution in [0.1, 0.15) is 212 Å². The fourth-order valence-electron chi connectivity index (χ4n) is 5.70. The Morgan fingerprint density at radius 3 is 1.18 bits per heavy atom. The SMILES string of the molecule is CC(=O)CC(CCCCCC(=O)CCOCCC(C)C)C(=O)O.CC(=O)CCCCCC(=O)CCOCCC(C)C.CC(=O)NCCCC(=O)CCOCCC(C)C.[3H]C(=O)CCOCCC(C)C. The van der Waals surface area contributed by atoms with E-state index in [1.807, 2.05) is 0 Å². The molecular formula is C54H101NO13. The van der Waals surface area contributed by atoms with E-state index in [2.05, 4.69) is 60.7 Å². The predicted molar refractivity (Wildman–Crippen MR) is 272 cm³/mol. The second kappa shape index (κ2) is 53.2. The molecule has 0 aliphatic rings. The molecule has 0 bridgehead atoms. The number of Topliss-reactive ketones (excluding diaryl/α,β-unsaturated/α-hetero) is 5. The van der Waals surface area contributed by atoms with E-state index in [0.717, 1.165) is 77.4 Å². The molecule has 0 heterocycles. The van der Waals surface area contributed by atoms with Crippen LogP contribution < -0.4 is 5.32 Å². The number of nitrogens with one attached hydrogen (secondary N) is 1. The molecular weight excluding hydrogens is 871 g/mol. The van der Waals surface area contributed by atoms with Crippen molar-refractivity contribution in [1.29, 1.82) is 0 Å². The maximum absolute atomic E-state index is 11.7. The molecule has 0 saturated carbocycles. The van der Waals surface area contributed by atoms with E-state index in [1.54, 1.807) is 6.92 Å². The third kappa shape index (κ3) is 69.4. The van der Waals surface area contributed by atoms with E-state index in [9.17, 15) is 38.4 Å². The summed E-state index contributed by atoms with van der Waals surface area (Å²) in [6.45, 7) is 27.1. The molecule has 0 aliphatic carbocycles. The van der Waals surface area contributed by atoms with Gasteiger partial charge in [0.1, 0.15) is 36.5 Å².